The fourth-order valence-electron chi connectivity index (χ4n) is 3.36. The van der Waals surface area contributed by atoms with E-state index in [0.29, 0.717) is 5.41 Å². The Morgan fingerprint density at radius 1 is 1.20 bits per heavy atom. The molecule has 2 aromatic rings. The smallest absolute Gasteiger partial charge is 0.133 e. The van der Waals surface area contributed by atoms with Crippen LogP contribution in [0.3, 0.4) is 0 Å². The number of aromatic nitrogens is 1. The van der Waals surface area contributed by atoms with E-state index in [-0.39, 0.29) is 0 Å². The lowest BCUT2D eigenvalue weighted by atomic mass is 9.83. The van der Waals surface area contributed by atoms with Gasteiger partial charge >= 0.3 is 0 Å². The highest BCUT2D eigenvalue weighted by atomic mass is 79.9. The first-order valence-corrected chi connectivity index (χ1v) is 8.30. The zero-order valence-corrected chi connectivity index (χ0v) is 13.5. The van der Waals surface area contributed by atoms with Gasteiger partial charge in [0.15, 0.2) is 0 Å². The van der Waals surface area contributed by atoms with E-state index in [1.165, 1.54) is 42.9 Å². The maximum absolute atomic E-state index is 4.54. The molecule has 0 radical (unpaired) electrons. The Morgan fingerprint density at radius 3 is 2.75 bits per heavy atom. The second-order valence-electron chi connectivity index (χ2n) is 5.91. The van der Waals surface area contributed by atoms with E-state index in [1.54, 1.807) is 0 Å². The summed E-state index contributed by atoms with van der Waals surface area (Å²) in [5.41, 5.74) is 0.482. The van der Waals surface area contributed by atoms with E-state index >= 15 is 0 Å². The van der Waals surface area contributed by atoms with Gasteiger partial charge in [-0.05, 0) is 36.8 Å². The van der Waals surface area contributed by atoms with Gasteiger partial charge in [0.1, 0.15) is 5.82 Å². The van der Waals surface area contributed by atoms with E-state index in [2.05, 4.69) is 57.4 Å². The Bertz CT molecular complexity index is 603. The number of pyridine rings is 1. The molecule has 2 nitrogen and oxygen atoms in total. The molecule has 0 unspecified atom stereocenters. The minimum absolute atomic E-state index is 0.482. The fourth-order valence-corrected chi connectivity index (χ4v) is 3.86. The summed E-state index contributed by atoms with van der Waals surface area (Å²) >= 11 is 3.62. The van der Waals surface area contributed by atoms with Crippen LogP contribution in [-0.4, -0.2) is 11.5 Å². The predicted octanol–water partition coefficient (Wildman–Crippen LogP) is 5.38. The van der Waals surface area contributed by atoms with Crippen LogP contribution >= 0.6 is 15.9 Å². The van der Waals surface area contributed by atoms with Crippen molar-refractivity contribution in [1.29, 1.82) is 0 Å². The van der Waals surface area contributed by atoms with E-state index < -0.39 is 0 Å². The Hall–Kier alpha value is -1.09. The number of nitrogens with one attached hydrogen (secondary N) is 1. The van der Waals surface area contributed by atoms with Crippen LogP contribution in [-0.2, 0) is 0 Å². The van der Waals surface area contributed by atoms with Crippen LogP contribution in [0.25, 0.3) is 10.8 Å². The minimum Gasteiger partial charge on any atom is -0.369 e. The lowest BCUT2D eigenvalue weighted by molar-refractivity contribution is 0.306. The summed E-state index contributed by atoms with van der Waals surface area (Å²) in [5, 5.41) is 6.04. The second kappa shape index (κ2) is 5.72. The van der Waals surface area contributed by atoms with Crippen LogP contribution < -0.4 is 5.32 Å². The van der Waals surface area contributed by atoms with Gasteiger partial charge in [-0.25, -0.2) is 4.98 Å². The molecular formula is C17H21BrN2. The average Bonchev–Trinajstić information content (AvgIpc) is 2.95. The van der Waals surface area contributed by atoms with Crippen LogP contribution in [0.1, 0.15) is 39.0 Å². The van der Waals surface area contributed by atoms with Crippen LogP contribution in [0, 0.1) is 5.41 Å². The molecule has 1 aliphatic carbocycles. The second-order valence-corrected chi connectivity index (χ2v) is 6.76. The highest BCUT2D eigenvalue weighted by Gasteiger charge is 2.31. The quantitative estimate of drug-likeness (QED) is 0.812. The third-order valence-electron chi connectivity index (χ3n) is 4.80. The standard InChI is InChI=1S/C17H21BrN2/c1-2-17(9-3-4-10-17)12-20-16-14-6-5-7-15(18)13(14)8-11-19-16/h5-8,11H,2-4,9-10,12H2,1H3,(H,19,20). The monoisotopic (exact) mass is 332 g/mol. The van der Waals surface area contributed by atoms with Gasteiger partial charge in [0.25, 0.3) is 0 Å². The van der Waals surface area contributed by atoms with Crippen molar-refractivity contribution >= 4 is 32.5 Å². The van der Waals surface area contributed by atoms with Crippen molar-refractivity contribution in [3.63, 3.8) is 0 Å². The molecule has 0 aliphatic heterocycles. The van der Waals surface area contributed by atoms with Crippen molar-refractivity contribution in [2.45, 2.75) is 39.0 Å². The number of halogens is 1. The van der Waals surface area contributed by atoms with Crippen LogP contribution in [0.5, 0.6) is 0 Å². The van der Waals surface area contributed by atoms with Crippen molar-refractivity contribution < 1.29 is 0 Å². The molecule has 1 saturated carbocycles. The number of fused-ring (bicyclic) bond motifs is 1. The summed E-state index contributed by atoms with van der Waals surface area (Å²) in [5.74, 6) is 1.02. The van der Waals surface area contributed by atoms with E-state index in [9.17, 15) is 0 Å². The molecule has 0 saturated heterocycles. The normalized spacial score (nSPS) is 17.5. The van der Waals surface area contributed by atoms with Gasteiger partial charge in [0.2, 0.25) is 0 Å². The number of hydrogen-bond acceptors (Lipinski definition) is 2. The van der Waals surface area contributed by atoms with Crippen molar-refractivity contribution in [1.82, 2.24) is 4.98 Å². The van der Waals surface area contributed by atoms with Crippen LogP contribution in [0.2, 0.25) is 0 Å². The molecule has 3 rings (SSSR count). The maximum atomic E-state index is 4.54. The lowest BCUT2D eigenvalue weighted by Gasteiger charge is -2.28. The Kier molecular flexibility index (Phi) is 3.97. The molecule has 3 heteroatoms. The molecule has 0 atom stereocenters. The van der Waals surface area contributed by atoms with E-state index in [4.69, 9.17) is 0 Å². The molecule has 1 aromatic carbocycles. The van der Waals surface area contributed by atoms with Crippen molar-refractivity contribution in [2.75, 3.05) is 11.9 Å². The molecule has 1 aromatic heterocycles. The highest BCUT2D eigenvalue weighted by Crippen LogP contribution is 2.41. The summed E-state index contributed by atoms with van der Waals surface area (Å²) in [4.78, 5) is 4.54. The summed E-state index contributed by atoms with van der Waals surface area (Å²) in [6, 6.07) is 8.36. The molecule has 1 aliphatic rings. The van der Waals surface area contributed by atoms with Crippen LogP contribution in [0.4, 0.5) is 5.82 Å². The Balaban J connectivity index is 1.86. The zero-order chi connectivity index (χ0) is 14.0. The van der Waals surface area contributed by atoms with E-state index in [1.807, 2.05) is 6.20 Å². The lowest BCUT2D eigenvalue weighted by Crippen LogP contribution is -2.26. The summed E-state index contributed by atoms with van der Waals surface area (Å²) in [7, 11) is 0. The van der Waals surface area contributed by atoms with Crippen molar-refractivity contribution in [3.8, 4) is 0 Å². The summed E-state index contributed by atoms with van der Waals surface area (Å²) in [6.07, 6.45) is 8.61. The SMILES string of the molecule is CCC1(CNc2nccc3c(Br)cccc23)CCCC1. The van der Waals surface area contributed by atoms with Crippen molar-refractivity contribution in [3.05, 3.63) is 34.9 Å². The largest absolute Gasteiger partial charge is 0.369 e. The van der Waals surface area contributed by atoms with E-state index in [0.717, 1.165) is 16.8 Å². The van der Waals surface area contributed by atoms with Crippen LogP contribution in [0.15, 0.2) is 34.9 Å². The first kappa shape index (κ1) is 13.9. The minimum atomic E-state index is 0.482. The number of benzene rings is 1. The third kappa shape index (κ3) is 2.56. The van der Waals surface area contributed by atoms with Gasteiger partial charge in [0, 0.05) is 28.0 Å². The molecule has 1 heterocycles. The predicted molar refractivity (Wildman–Crippen MR) is 89.1 cm³/mol. The van der Waals surface area contributed by atoms with Gasteiger partial charge in [-0.15, -0.1) is 0 Å². The highest BCUT2D eigenvalue weighted by molar-refractivity contribution is 9.10. The zero-order valence-electron chi connectivity index (χ0n) is 12.0. The maximum Gasteiger partial charge on any atom is 0.133 e. The molecule has 1 N–H and O–H groups in total. The van der Waals surface area contributed by atoms with Gasteiger partial charge in [-0.3, -0.25) is 0 Å². The summed E-state index contributed by atoms with van der Waals surface area (Å²) in [6.45, 7) is 3.36. The number of nitrogens with zero attached hydrogens (tertiary/aromatic N) is 1. The topological polar surface area (TPSA) is 24.9 Å². The van der Waals surface area contributed by atoms with Gasteiger partial charge in [-0.2, -0.15) is 0 Å². The Morgan fingerprint density at radius 2 is 2.00 bits per heavy atom. The molecule has 0 amide bonds. The fraction of sp³-hybridized carbons (Fsp3) is 0.471. The molecular weight excluding hydrogens is 312 g/mol. The molecule has 0 spiro atoms. The van der Waals surface area contributed by atoms with Gasteiger partial charge < -0.3 is 5.32 Å². The number of anilines is 1. The van der Waals surface area contributed by atoms with Gasteiger partial charge in [-0.1, -0.05) is 47.8 Å². The third-order valence-corrected chi connectivity index (χ3v) is 5.49. The molecule has 0 bridgehead atoms. The van der Waals surface area contributed by atoms with Gasteiger partial charge in [0.05, 0.1) is 0 Å². The number of hydrogen-bond donors (Lipinski definition) is 1. The molecule has 1 fully saturated rings. The Labute approximate surface area is 129 Å². The first-order chi connectivity index (χ1) is 9.74. The molecule has 20 heavy (non-hydrogen) atoms. The summed E-state index contributed by atoms with van der Waals surface area (Å²) < 4.78 is 1.13. The molecule has 106 valence electrons. The first-order valence-electron chi connectivity index (χ1n) is 7.51. The van der Waals surface area contributed by atoms with Crippen molar-refractivity contribution in [2.24, 2.45) is 5.41 Å². The average molecular weight is 333 g/mol. The number of rotatable bonds is 4.